The SMILES string of the molecule is CC(C)(O)C(c1ccc(Br)cc1)N1CCOCC1. The fraction of sp³-hybridized carbons (Fsp3) is 0.571. The molecule has 1 aliphatic rings. The highest BCUT2D eigenvalue weighted by Crippen LogP contribution is 2.32. The summed E-state index contributed by atoms with van der Waals surface area (Å²) < 4.78 is 6.44. The molecule has 1 aromatic carbocycles. The van der Waals surface area contributed by atoms with Gasteiger partial charge in [0.2, 0.25) is 0 Å². The van der Waals surface area contributed by atoms with Gasteiger partial charge in [0, 0.05) is 17.6 Å². The van der Waals surface area contributed by atoms with Crippen molar-refractivity contribution < 1.29 is 9.84 Å². The Labute approximate surface area is 117 Å². The van der Waals surface area contributed by atoms with Gasteiger partial charge < -0.3 is 9.84 Å². The van der Waals surface area contributed by atoms with Gasteiger partial charge in [0.05, 0.1) is 24.9 Å². The maximum Gasteiger partial charge on any atom is 0.0787 e. The van der Waals surface area contributed by atoms with Crippen LogP contribution < -0.4 is 0 Å². The Morgan fingerprint density at radius 3 is 2.28 bits per heavy atom. The van der Waals surface area contributed by atoms with Crippen LogP contribution in [0.2, 0.25) is 0 Å². The monoisotopic (exact) mass is 313 g/mol. The number of ether oxygens (including phenoxy) is 1. The molecule has 1 N–H and O–H groups in total. The average Bonchev–Trinajstić information content (AvgIpc) is 2.32. The molecule has 0 spiro atoms. The fourth-order valence-corrected chi connectivity index (χ4v) is 2.81. The molecule has 0 aliphatic carbocycles. The van der Waals surface area contributed by atoms with Crippen molar-refractivity contribution in [1.82, 2.24) is 4.90 Å². The first-order valence-electron chi connectivity index (χ1n) is 6.28. The molecule has 1 aromatic rings. The summed E-state index contributed by atoms with van der Waals surface area (Å²) in [6, 6.07) is 8.20. The van der Waals surface area contributed by atoms with E-state index in [1.165, 1.54) is 0 Å². The first-order valence-corrected chi connectivity index (χ1v) is 7.07. The molecule has 1 heterocycles. The summed E-state index contributed by atoms with van der Waals surface area (Å²) in [5, 5.41) is 10.5. The number of aliphatic hydroxyl groups is 1. The maximum atomic E-state index is 10.5. The molecule has 0 saturated carbocycles. The van der Waals surface area contributed by atoms with Crippen LogP contribution in [-0.4, -0.2) is 41.9 Å². The lowest BCUT2D eigenvalue weighted by atomic mass is 9.90. The van der Waals surface area contributed by atoms with Gasteiger partial charge >= 0.3 is 0 Å². The number of nitrogens with zero attached hydrogens (tertiary/aromatic N) is 1. The van der Waals surface area contributed by atoms with Crippen molar-refractivity contribution in [3.05, 3.63) is 34.3 Å². The number of morpholine rings is 1. The summed E-state index contributed by atoms with van der Waals surface area (Å²) in [6.45, 7) is 6.95. The Morgan fingerprint density at radius 2 is 1.78 bits per heavy atom. The topological polar surface area (TPSA) is 32.7 Å². The number of benzene rings is 1. The molecule has 0 amide bonds. The second-order valence-corrected chi connectivity index (χ2v) is 6.17. The first kappa shape index (κ1) is 14.0. The van der Waals surface area contributed by atoms with Crippen molar-refractivity contribution in [3.63, 3.8) is 0 Å². The lowest BCUT2D eigenvalue weighted by Crippen LogP contribution is -2.47. The molecule has 0 radical (unpaired) electrons. The minimum absolute atomic E-state index is 0.00880. The van der Waals surface area contributed by atoms with Crippen LogP contribution in [0.4, 0.5) is 0 Å². The van der Waals surface area contributed by atoms with Crippen molar-refractivity contribution in [3.8, 4) is 0 Å². The number of hydrogen-bond donors (Lipinski definition) is 1. The largest absolute Gasteiger partial charge is 0.388 e. The lowest BCUT2D eigenvalue weighted by Gasteiger charge is -2.41. The molecule has 18 heavy (non-hydrogen) atoms. The summed E-state index contributed by atoms with van der Waals surface area (Å²) in [6.07, 6.45) is 0. The molecule has 0 bridgehead atoms. The zero-order chi connectivity index (χ0) is 13.2. The van der Waals surface area contributed by atoms with E-state index in [1.807, 2.05) is 26.0 Å². The summed E-state index contributed by atoms with van der Waals surface area (Å²) >= 11 is 3.44. The standard InChI is InChI=1S/C14H20BrNO2/c1-14(2,17)13(16-7-9-18-10-8-16)11-3-5-12(15)6-4-11/h3-6,13,17H,7-10H2,1-2H3. The van der Waals surface area contributed by atoms with Crippen LogP contribution in [-0.2, 0) is 4.74 Å². The predicted octanol–water partition coefficient (Wildman–Crippen LogP) is 2.59. The van der Waals surface area contributed by atoms with Gasteiger partial charge in [-0.15, -0.1) is 0 Å². The second-order valence-electron chi connectivity index (χ2n) is 5.26. The molecule has 3 nitrogen and oxygen atoms in total. The van der Waals surface area contributed by atoms with Gasteiger partial charge in [-0.05, 0) is 31.5 Å². The Kier molecular flexibility index (Phi) is 4.43. The van der Waals surface area contributed by atoms with Gasteiger partial charge in [0.25, 0.3) is 0 Å². The smallest absolute Gasteiger partial charge is 0.0787 e. The Morgan fingerprint density at radius 1 is 1.22 bits per heavy atom. The molecule has 1 unspecified atom stereocenters. The zero-order valence-corrected chi connectivity index (χ0v) is 12.5. The molecule has 4 heteroatoms. The van der Waals surface area contributed by atoms with Gasteiger partial charge in [0.15, 0.2) is 0 Å². The fourth-order valence-electron chi connectivity index (χ4n) is 2.55. The van der Waals surface area contributed by atoms with Crippen LogP contribution in [0.1, 0.15) is 25.5 Å². The minimum atomic E-state index is -0.773. The summed E-state index contributed by atoms with van der Waals surface area (Å²) in [4.78, 5) is 2.30. The van der Waals surface area contributed by atoms with Gasteiger partial charge in [-0.25, -0.2) is 0 Å². The number of hydrogen-bond acceptors (Lipinski definition) is 3. The maximum absolute atomic E-state index is 10.5. The summed E-state index contributed by atoms with van der Waals surface area (Å²) in [7, 11) is 0. The lowest BCUT2D eigenvalue weighted by molar-refractivity contribution is -0.0602. The van der Waals surface area contributed by atoms with Gasteiger partial charge in [-0.2, -0.15) is 0 Å². The van der Waals surface area contributed by atoms with E-state index in [0.29, 0.717) is 0 Å². The first-order chi connectivity index (χ1) is 8.48. The second kappa shape index (κ2) is 5.70. The molecule has 2 rings (SSSR count). The van der Waals surface area contributed by atoms with Crippen LogP contribution in [0.15, 0.2) is 28.7 Å². The van der Waals surface area contributed by atoms with E-state index < -0.39 is 5.60 Å². The minimum Gasteiger partial charge on any atom is -0.388 e. The third kappa shape index (κ3) is 3.32. The van der Waals surface area contributed by atoms with Crippen molar-refractivity contribution in [2.75, 3.05) is 26.3 Å². The Bertz CT molecular complexity index is 380. The van der Waals surface area contributed by atoms with E-state index in [4.69, 9.17) is 4.74 Å². The number of halogens is 1. The third-order valence-corrected chi connectivity index (χ3v) is 3.79. The quantitative estimate of drug-likeness (QED) is 0.931. The van der Waals surface area contributed by atoms with Crippen LogP contribution in [0.25, 0.3) is 0 Å². The van der Waals surface area contributed by atoms with E-state index in [9.17, 15) is 5.11 Å². The van der Waals surface area contributed by atoms with Crippen molar-refractivity contribution in [2.24, 2.45) is 0 Å². The zero-order valence-electron chi connectivity index (χ0n) is 10.9. The van der Waals surface area contributed by atoms with Crippen molar-refractivity contribution in [2.45, 2.75) is 25.5 Å². The molecular weight excluding hydrogens is 294 g/mol. The Hall–Kier alpha value is -0.420. The Balaban J connectivity index is 2.27. The normalized spacial score (nSPS) is 19.8. The molecule has 100 valence electrons. The number of rotatable bonds is 3. The molecule has 1 fully saturated rings. The van der Waals surface area contributed by atoms with Crippen LogP contribution in [0.3, 0.4) is 0 Å². The molecule has 1 aliphatic heterocycles. The molecular formula is C14H20BrNO2. The van der Waals surface area contributed by atoms with E-state index in [2.05, 4.69) is 33.0 Å². The van der Waals surface area contributed by atoms with Crippen LogP contribution in [0, 0.1) is 0 Å². The summed E-state index contributed by atoms with van der Waals surface area (Å²) in [5.41, 5.74) is 0.373. The summed E-state index contributed by atoms with van der Waals surface area (Å²) in [5.74, 6) is 0. The van der Waals surface area contributed by atoms with Crippen molar-refractivity contribution >= 4 is 15.9 Å². The highest BCUT2D eigenvalue weighted by molar-refractivity contribution is 9.10. The highest BCUT2D eigenvalue weighted by atomic mass is 79.9. The van der Waals surface area contributed by atoms with E-state index in [-0.39, 0.29) is 6.04 Å². The van der Waals surface area contributed by atoms with Crippen molar-refractivity contribution in [1.29, 1.82) is 0 Å². The molecule has 1 atom stereocenters. The molecule has 1 saturated heterocycles. The van der Waals surface area contributed by atoms with E-state index in [0.717, 1.165) is 36.3 Å². The predicted molar refractivity (Wildman–Crippen MR) is 75.6 cm³/mol. The average molecular weight is 314 g/mol. The van der Waals surface area contributed by atoms with Crippen LogP contribution in [0.5, 0.6) is 0 Å². The van der Waals surface area contributed by atoms with Crippen LogP contribution >= 0.6 is 15.9 Å². The van der Waals surface area contributed by atoms with E-state index in [1.54, 1.807) is 0 Å². The molecule has 0 aromatic heterocycles. The third-order valence-electron chi connectivity index (χ3n) is 3.27. The highest BCUT2D eigenvalue weighted by Gasteiger charge is 2.34. The van der Waals surface area contributed by atoms with Gasteiger partial charge in [-0.1, -0.05) is 28.1 Å². The van der Waals surface area contributed by atoms with Gasteiger partial charge in [0.1, 0.15) is 0 Å². The van der Waals surface area contributed by atoms with Gasteiger partial charge in [-0.3, -0.25) is 4.90 Å². The van der Waals surface area contributed by atoms with E-state index >= 15 is 0 Å².